The fourth-order valence-electron chi connectivity index (χ4n) is 2.88. The van der Waals surface area contributed by atoms with Gasteiger partial charge in [-0.25, -0.2) is 4.98 Å². The third kappa shape index (κ3) is 3.96. The Kier molecular flexibility index (Phi) is 5.28. The number of nitrogens with zero attached hydrogens (tertiary/aromatic N) is 3. The Morgan fingerprint density at radius 3 is 2.76 bits per heavy atom. The van der Waals surface area contributed by atoms with Gasteiger partial charge in [-0.2, -0.15) is 4.98 Å². The van der Waals surface area contributed by atoms with Gasteiger partial charge in [0.2, 0.25) is 5.91 Å². The molecular formula is C19H21N3O3. The van der Waals surface area contributed by atoms with E-state index in [0.717, 1.165) is 29.8 Å². The van der Waals surface area contributed by atoms with Crippen LogP contribution in [0, 0.1) is 0 Å². The maximum absolute atomic E-state index is 11.6. The van der Waals surface area contributed by atoms with Crippen molar-refractivity contribution >= 4 is 5.91 Å². The van der Waals surface area contributed by atoms with E-state index < -0.39 is 0 Å². The quantitative estimate of drug-likeness (QED) is 0.784. The Bertz CT molecular complexity index is 755. The van der Waals surface area contributed by atoms with E-state index in [1.807, 2.05) is 30.3 Å². The summed E-state index contributed by atoms with van der Waals surface area (Å²) in [6.45, 7) is 4.83. The van der Waals surface area contributed by atoms with Crippen LogP contribution in [0.25, 0.3) is 11.3 Å². The largest absolute Gasteiger partial charge is 0.496 e. The highest BCUT2D eigenvalue weighted by Gasteiger charge is 2.23. The number of benzene rings is 1. The molecule has 1 aromatic heterocycles. The summed E-state index contributed by atoms with van der Waals surface area (Å²) in [5, 5.41) is 0. The monoisotopic (exact) mass is 339 g/mol. The topological polar surface area (TPSA) is 64.6 Å². The third-order valence-electron chi connectivity index (χ3n) is 4.22. The number of hydrogen-bond acceptors (Lipinski definition) is 5. The normalized spacial score (nSPS) is 14.8. The van der Waals surface area contributed by atoms with Crippen LogP contribution in [0.1, 0.15) is 12.8 Å². The molecule has 25 heavy (non-hydrogen) atoms. The minimum absolute atomic E-state index is 0.00165. The molecule has 0 saturated carbocycles. The van der Waals surface area contributed by atoms with Crippen LogP contribution in [0.4, 0.5) is 0 Å². The van der Waals surface area contributed by atoms with E-state index in [-0.39, 0.29) is 12.0 Å². The summed E-state index contributed by atoms with van der Waals surface area (Å²) >= 11 is 0. The first-order valence-electron chi connectivity index (χ1n) is 8.25. The van der Waals surface area contributed by atoms with Crippen LogP contribution in [0.2, 0.25) is 0 Å². The molecule has 0 N–H and O–H groups in total. The number of para-hydroxylation sites is 1. The van der Waals surface area contributed by atoms with E-state index in [4.69, 9.17) is 9.47 Å². The first-order chi connectivity index (χ1) is 12.2. The van der Waals surface area contributed by atoms with Gasteiger partial charge < -0.3 is 14.4 Å². The molecule has 3 rings (SSSR count). The van der Waals surface area contributed by atoms with Crippen LogP contribution in [0.3, 0.4) is 0 Å². The van der Waals surface area contributed by atoms with Crippen molar-refractivity contribution in [3.63, 3.8) is 0 Å². The standard InChI is InChI=1S/C19H21N3O3/c1-3-18(23)22-12-9-14(10-13-22)25-19-20-11-8-16(21-19)15-6-4-5-7-17(15)24-2/h3-8,11,14H,1,9-10,12-13H2,2H3. The van der Waals surface area contributed by atoms with Crippen molar-refractivity contribution in [2.24, 2.45) is 0 Å². The van der Waals surface area contributed by atoms with Gasteiger partial charge in [0, 0.05) is 37.7 Å². The van der Waals surface area contributed by atoms with Gasteiger partial charge in [0.05, 0.1) is 12.8 Å². The zero-order valence-corrected chi connectivity index (χ0v) is 14.2. The van der Waals surface area contributed by atoms with Crippen molar-refractivity contribution in [3.05, 3.63) is 49.2 Å². The molecule has 6 heteroatoms. The highest BCUT2D eigenvalue weighted by molar-refractivity contribution is 5.87. The molecule has 1 fully saturated rings. The second kappa shape index (κ2) is 7.79. The number of piperidine rings is 1. The molecule has 0 radical (unpaired) electrons. The minimum Gasteiger partial charge on any atom is -0.496 e. The fourth-order valence-corrected chi connectivity index (χ4v) is 2.88. The number of methoxy groups -OCH3 is 1. The number of ether oxygens (including phenoxy) is 2. The van der Waals surface area contributed by atoms with Crippen LogP contribution in [-0.4, -0.2) is 47.1 Å². The molecule has 2 aromatic rings. The lowest BCUT2D eigenvalue weighted by atomic mass is 10.1. The smallest absolute Gasteiger partial charge is 0.317 e. The zero-order valence-electron chi connectivity index (χ0n) is 14.2. The summed E-state index contributed by atoms with van der Waals surface area (Å²) in [5.41, 5.74) is 1.64. The van der Waals surface area contributed by atoms with Crippen molar-refractivity contribution in [3.8, 4) is 23.0 Å². The van der Waals surface area contributed by atoms with E-state index in [1.165, 1.54) is 6.08 Å². The summed E-state index contributed by atoms with van der Waals surface area (Å²) in [5.74, 6) is 0.719. The van der Waals surface area contributed by atoms with Crippen LogP contribution in [-0.2, 0) is 4.79 Å². The number of carbonyl (C=O) groups excluding carboxylic acids is 1. The average molecular weight is 339 g/mol. The van der Waals surface area contributed by atoms with Crippen LogP contribution >= 0.6 is 0 Å². The fraction of sp³-hybridized carbons (Fsp3) is 0.316. The SMILES string of the molecule is C=CC(=O)N1CCC(Oc2nccc(-c3ccccc3OC)n2)CC1. The maximum Gasteiger partial charge on any atom is 0.317 e. The van der Waals surface area contributed by atoms with E-state index >= 15 is 0 Å². The van der Waals surface area contributed by atoms with E-state index in [0.29, 0.717) is 19.1 Å². The number of amides is 1. The molecule has 6 nitrogen and oxygen atoms in total. The molecule has 1 aromatic carbocycles. The van der Waals surface area contributed by atoms with Gasteiger partial charge >= 0.3 is 6.01 Å². The average Bonchev–Trinajstić information content (AvgIpc) is 2.68. The van der Waals surface area contributed by atoms with E-state index in [1.54, 1.807) is 18.2 Å². The second-order valence-electron chi connectivity index (χ2n) is 5.77. The summed E-state index contributed by atoms with van der Waals surface area (Å²) in [6, 6.07) is 9.87. The second-order valence-corrected chi connectivity index (χ2v) is 5.77. The molecule has 1 amide bonds. The molecule has 0 unspecified atom stereocenters. The van der Waals surface area contributed by atoms with Crippen LogP contribution in [0.15, 0.2) is 49.2 Å². The van der Waals surface area contributed by atoms with Gasteiger partial charge in [-0.15, -0.1) is 0 Å². The highest BCUT2D eigenvalue weighted by Crippen LogP contribution is 2.28. The lowest BCUT2D eigenvalue weighted by Crippen LogP contribution is -2.41. The molecule has 1 aliphatic rings. The molecule has 0 bridgehead atoms. The Balaban J connectivity index is 1.69. The molecule has 1 saturated heterocycles. The Morgan fingerprint density at radius 1 is 1.28 bits per heavy atom. The van der Waals surface area contributed by atoms with Gasteiger partial charge in [0.25, 0.3) is 0 Å². The lowest BCUT2D eigenvalue weighted by Gasteiger charge is -2.30. The van der Waals surface area contributed by atoms with Gasteiger partial charge in [-0.1, -0.05) is 18.7 Å². The molecule has 0 spiro atoms. The third-order valence-corrected chi connectivity index (χ3v) is 4.22. The Morgan fingerprint density at radius 2 is 2.04 bits per heavy atom. The van der Waals surface area contributed by atoms with Gasteiger partial charge in [0.1, 0.15) is 11.9 Å². The van der Waals surface area contributed by atoms with E-state index in [2.05, 4.69) is 16.5 Å². The predicted octanol–water partition coefficient (Wildman–Crippen LogP) is 2.71. The maximum atomic E-state index is 11.6. The summed E-state index contributed by atoms with van der Waals surface area (Å²) in [4.78, 5) is 22.1. The molecule has 2 heterocycles. The van der Waals surface area contributed by atoms with Crippen molar-refractivity contribution in [2.45, 2.75) is 18.9 Å². The Labute approximate surface area is 147 Å². The Hall–Kier alpha value is -2.89. The van der Waals surface area contributed by atoms with Crippen molar-refractivity contribution in [2.75, 3.05) is 20.2 Å². The number of rotatable bonds is 5. The first-order valence-corrected chi connectivity index (χ1v) is 8.25. The summed E-state index contributed by atoms with van der Waals surface area (Å²) in [7, 11) is 1.63. The molecule has 130 valence electrons. The molecule has 1 aliphatic heterocycles. The van der Waals surface area contributed by atoms with Gasteiger partial charge in [-0.05, 0) is 24.3 Å². The van der Waals surface area contributed by atoms with Crippen molar-refractivity contribution in [1.82, 2.24) is 14.9 Å². The molecule has 0 aliphatic carbocycles. The lowest BCUT2D eigenvalue weighted by molar-refractivity contribution is -0.127. The summed E-state index contributed by atoms with van der Waals surface area (Å²) < 4.78 is 11.3. The first kappa shape index (κ1) is 17.0. The molecule has 0 atom stereocenters. The van der Waals surface area contributed by atoms with Gasteiger partial charge in [0.15, 0.2) is 0 Å². The van der Waals surface area contributed by atoms with Crippen LogP contribution < -0.4 is 9.47 Å². The number of hydrogen-bond donors (Lipinski definition) is 0. The van der Waals surface area contributed by atoms with Gasteiger partial charge in [-0.3, -0.25) is 4.79 Å². The van der Waals surface area contributed by atoms with Crippen LogP contribution in [0.5, 0.6) is 11.8 Å². The predicted molar refractivity (Wildman–Crippen MR) is 94.4 cm³/mol. The number of carbonyl (C=O) groups is 1. The number of likely N-dealkylation sites (tertiary alicyclic amines) is 1. The van der Waals surface area contributed by atoms with E-state index in [9.17, 15) is 4.79 Å². The van der Waals surface area contributed by atoms with Crippen molar-refractivity contribution in [1.29, 1.82) is 0 Å². The number of aromatic nitrogens is 2. The highest BCUT2D eigenvalue weighted by atomic mass is 16.5. The minimum atomic E-state index is -0.0344. The molecular weight excluding hydrogens is 318 g/mol. The zero-order chi connectivity index (χ0) is 17.6. The van der Waals surface area contributed by atoms with Crippen molar-refractivity contribution < 1.29 is 14.3 Å². The summed E-state index contributed by atoms with van der Waals surface area (Å²) in [6.07, 6.45) is 4.53.